The first-order valence-electron chi connectivity index (χ1n) is 32.5. The number of likely N-dealkylation sites (N-methyl/N-ethyl adjacent to an activating group) is 1. The van der Waals surface area contributed by atoms with Crippen molar-refractivity contribution in [3.63, 3.8) is 0 Å². The fourth-order valence-corrected chi connectivity index (χ4v) is 7.27. The van der Waals surface area contributed by atoms with Crippen LogP contribution in [0.2, 0.25) is 0 Å². The van der Waals surface area contributed by atoms with Crippen LogP contribution in [-0.4, -0.2) is 116 Å². The van der Waals surface area contributed by atoms with Gasteiger partial charge in [-0.05, 0) is 84.4 Å². The lowest BCUT2D eigenvalue weighted by Gasteiger charge is -2.07. The van der Waals surface area contributed by atoms with Crippen molar-refractivity contribution in [3.8, 4) is 5.75 Å². The molecule has 1 atom stereocenters. The molecule has 0 radical (unpaired) electrons. The van der Waals surface area contributed by atoms with Gasteiger partial charge in [0.15, 0.2) is 0 Å². The number of aliphatic hydroxyl groups is 3. The van der Waals surface area contributed by atoms with Crippen molar-refractivity contribution < 1.29 is 58.6 Å². The molecule has 1 rings (SSSR count). The van der Waals surface area contributed by atoms with E-state index < -0.39 is 24.6 Å². The Morgan fingerprint density at radius 1 is 0.465 bits per heavy atom. The number of amides is 1. The standard InChI is InChI=1S/C20H40.C16H32.C9H16O3.C9H10O.C7H12O4.C6H11NO.C6H10O3/c1-3-5-7-9-11-13-15-17-19-20-18-16-14-12-10-8-6-4-2;1-3-5-7-9-11-13-15-16-14-12-10-8-6-4-2;1-4-5-11-6-7-12-9(10)8(2)3;1-7(2)8-3-5-9(10)6-4-8;1-5(2)7(10)11-4-6(9)3-8;1-5(2)6(8)7(3)4;1-5(2)6(8)9-4-3-7/h3H,1,4-20H2,2H3;3H,1,4-16H2,2H3;2,4-7H2,1,3H3;3-6,10H,1H2,2H3;6,8-9H,1,3-4H2,2H3;1H2,2-4H3;7H,1,3-4H2,2H3. The second kappa shape index (κ2) is 74.2. The van der Waals surface area contributed by atoms with Crippen LogP contribution in [0.3, 0.4) is 0 Å². The first-order chi connectivity index (χ1) is 41.0. The fourth-order valence-electron chi connectivity index (χ4n) is 7.27. The number of phenolic OH excluding ortho intramolecular Hbond substituents is 1. The predicted octanol–water partition coefficient (Wildman–Crippen LogP) is 18.3. The Hall–Kier alpha value is -5.08. The molecule has 13 nitrogen and oxygen atoms in total. The zero-order valence-corrected chi connectivity index (χ0v) is 56.9. The van der Waals surface area contributed by atoms with E-state index in [1.54, 1.807) is 47.0 Å². The summed E-state index contributed by atoms with van der Waals surface area (Å²) in [6.07, 6.45) is 46.9. The van der Waals surface area contributed by atoms with Crippen LogP contribution < -0.4 is 0 Å². The molecule has 1 aromatic rings. The summed E-state index contributed by atoms with van der Waals surface area (Å²) >= 11 is 0. The third kappa shape index (κ3) is 81.0. The third-order valence-corrected chi connectivity index (χ3v) is 12.5. The zero-order valence-electron chi connectivity index (χ0n) is 56.9. The maximum atomic E-state index is 10.8. The highest BCUT2D eigenvalue weighted by molar-refractivity contribution is 5.91. The summed E-state index contributed by atoms with van der Waals surface area (Å²) in [6, 6.07) is 7.00. The van der Waals surface area contributed by atoms with E-state index in [-0.39, 0.29) is 37.3 Å². The number of aromatic hydroxyl groups is 1. The third-order valence-electron chi connectivity index (χ3n) is 12.5. The predicted molar refractivity (Wildman–Crippen MR) is 365 cm³/mol. The van der Waals surface area contributed by atoms with Gasteiger partial charge in [-0.15, -0.1) is 13.2 Å². The molecule has 86 heavy (non-hydrogen) atoms. The number of allylic oxidation sites excluding steroid dienone is 3. The fraction of sp³-hybridized carbons (Fsp3) is 0.671. The van der Waals surface area contributed by atoms with E-state index in [0.717, 1.165) is 17.6 Å². The van der Waals surface area contributed by atoms with Gasteiger partial charge in [-0.1, -0.05) is 250 Å². The Labute approximate surface area is 527 Å². The Morgan fingerprint density at radius 2 is 0.791 bits per heavy atom. The maximum Gasteiger partial charge on any atom is 0.333 e. The summed E-state index contributed by atoms with van der Waals surface area (Å²) in [4.78, 5) is 44.1. The number of esters is 3. The maximum absolute atomic E-state index is 10.8. The van der Waals surface area contributed by atoms with Crippen LogP contribution in [0.25, 0.3) is 5.57 Å². The van der Waals surface area contributed by atoms with E-state index in [9.17, 15) is 19.2 Å². The number of rotatable bonds is 45. The number of carbonyl (C=O) groups is 4. The average Bonchev–Trinajstić information content (AvgIpc) is 3.54. The Kier molecular flexibility index (Phi) is 79.4. The molecule has 0 saturated heterocycles. The molecule has 0 fully saturated rings. The van der Waals surface area contributed by atoms with Crippen LogP contribution in [0, 0.1) is 0 Å². The number of nitrogens with zero attached hydrogens (tertiary/aromatic N) is 1. The minimum absolute atomic E-state index is 0.00926. The molecule has 1 amide bonds. The van der Waals surface area contributed by atoms with Crippen molar-refractivity contribution in [2.24, 2.45) is 0 Å². The van der Waals surface area contributed by atoms with Crippen molar-refractivity contribution in [2.75, 3.05) is 60.3 Å². The van der Waals surface area contributed by atoms with Crippen molar-refractivity contribution in [1.82, 2.24) is 4.90 Å². The van der Waals surface area contributed by atoms with Gasteiger partial charge in [-0.25, -0.2) is 14.4 Å². The SMILES string of the molecule is C=C(C)C(=O)N(C)C.C=C(C)C(=O)OCC(O)CO.C=C(C)C(=O)OCCO.C=C(C)C(=O)OCCOCCC.C=C(C)c1ccc(O)cc1.C=CCCCCCCCCCCCCCC.C=CCCCCCCCCCCCCCCCCCC. The largest absolute Gasteiger partial charge is 0.508 e. The summed E-state index contributed by atoms with van der Waals surface area (Å²) in [5.41, 5.74) is 3.71. The van der Waals surface area contributed by atoms with E-state index in [1.807, 2.05) is 38.1 Å². The molecule has 0 aliphatic heterocycles. The van der Waals surface area contributed by atoms with Crippen molar-refractivity contribution in [1.29, 1.82) is 0 Å². The molecular formula is C73H131NO12. The number of unbranched alkanes of at least 4 members (excludes halogenated alkanes) is 28. The highest BCUT2D eigenvalue weighted by Gasteiger charge is 2.08. The molecule has 0 aromatic heterocycles. The number of aliphatic hydroxyl groups excluding tert-OH is 3. The van der Waals surface area contributed by atoms with Gasteiger partial charge in [0.05, 0.1) is 19.8 Å². The number of benzene rings is 1. The summed E-state index contributed by atoms with van der Waals surface area (Å²) in [6.45, 7) is 40.6. The van der Waals surface area contributed by atoms with Gasteiger partial charge in [-0.2, -0.15) is 0 Å². The Balaban J connectivity index is -0.000000222. The smallest absolute Gasteiger partial charge is 0.333 e. The molecule has 0 aliphatic rings. The zero-order chi connectivity index (χ0) is 66.4. The second-order valence-electron chi connectivity index (χ2n) is 22.0. The van der Waals surface area contributed by atoms with Crippen LogP contribution >= 0.6 is 0 Å². The van der Waals surface area contributed by atoms with Gasteiger partial charge in [0.2, 0.25) is 5.91 Å². The van der Waals surface area contributed by atoms with Gasteiger partial charge in [0.25, 0.3) is 0 Å². The van der Waals surface area contributed by atoms with Crippen molar-refractivity contribution in [2.45, 2.75) is 261 Å². The first-order valence-corrected chi connectivity index (χ1v) is 32.5. The van der Waals surface area contributed by atoms with Crippen molar-refractivity contribution >= 4 is 29.4 Å². The molecule has 13 heteroatoms. The number of carbonyl (C=O) groups excluding carboxylic acids is 4. The van der Waals surface area contributed by atoms with E-state index in [1.165, 1.54) is 204 Å². The Morgan fingerprint density at radius 3 is 1.05 bits per heavy atom. The summed E-state index contributed by atoms with van der Waals surface area (Å²) in [5, 5.41) is 34.2. The Bertz CT molecular complexity index is 1800. The highest BCUT2D eigenvalue weighted by Crippen LogP contribution is 2.17. The van der Waals surface area contributed by atoms with Crippen LogP contribution in [0.15, 0.2) is 105 Å². The summed E-state index contributed by atoms with van der Waals surface area (Å²) < 4.78 is 18.9. The first kappa shape index (κ1) is 92.1. The molecule has 500 valence electrons. The van der Waals surface area contributed by atoms with E-state index in [2.05, 4.69) is 69.4 Å². The number of phenols is 1. The lowest BCUT2D eigenvalue weighted by atomic mass is 10.0. The lowest BCUT2D eigenvalue weighted by molar-refractivity contribution is -0.142. The van der Waals surface area contributed by atoms with Gasteiger partial charge in [-0.3, -0.25) is 4.79 Å². The van der Waals surface area contributed by atoms with Gasteiger partial charge < -0.3 is 44.3 Å². The number of hydrogen-bond acceptors (Lipinski definition) is 12. The normalized spacial score (nSPS) is 10.2. The minimum atomic E-state index is -1.00. The highest BCUT2D eigenvalue weighted by atomic mass is 16.6. The molecule has 4 N–H and O–H groups in total. The molecular weight excluding hydrogens is 1080 g/mol. The average molecular weight is 1210 g/mol. The van der Waals surface area contributed by atoms with E-state index >= 15 is 0 Å². The number of ether oxygens (including phenoxy) is 4. The summed E-state index contributed by atoms with van der Waals surface area (Å²) in [5.74, 6) is -1.08. The molecule has 0 saturated carbocycles. The van der Waals surface area contributed by atoms with Crippen LogP contribution in [0.4, 0.5) is 0 Å². The van der Waals surface area contributed by atoms with Crippen molar-refractivity contribution in [3.05, 3.63) is 110 Å². The number of hydrogen-bond donors (Lipinski definition) is 4. The topological polar surface area (TPSA) is 189 Å². The van der Waals surface area contributed by atoms with Gasteiger partial charge in [0, 0.05) is 43.0 Å². The molecule has 1 unspecified atom stereocenters. The molecule has 1 aromatic carbocycles. The minimum Gasteiger partial charge on any atom is -0.508 e. The monoisotopic (exact) mass is 1210 g/mol. The van der Waals surface area contributed by atoms with Crippen LogP contribution in [0.5, 0.6) is 5.75 Å². The van der Waals surface area contributed by atoms with Crippen LogP contribution in [0.1, 0.15) is 260 Å². The van der Waals surface area contributed by atoms with E-state index in [4.69, 9.17) is 29.9 Å². The molecule has 0 bridgehead atoms. The molecule has 0 aliphatic carbocycles. The second-order valence-corrected chi connectivity index (χ2v) is 22.0. The quantitative estimate of drug-likeness (QED) is 0.0159. The molecule has 0 spiro atoms. The van der Waals surface area contributed by atoms with Crippen LogP contribution in [-0.2, 0) is 38.1 Å². The van der Waals surface area contributed by atoms with E-state index in [0.29, 0.717) is 42.3 Å². The van der Waals surface area contributed by atoms with Gasteiger partial charge >= 0.3 is 17.9 Å². The molecule has 0 heterocycles. The van der Waals surface area contributed by atoms with Gasteiger partial charge in [0.1, 0.15) is 31.7 Å². The lowest BCUT2D eigenvalue weighted by Crippen LogP contribution is -2.22. The summed E-state index contributed by atoms with van der Waals surface area (Å²) in [7, 11) is 3.41.